The summed E-state index contributed by atoms with van der Waals surface area (Å²) in [6.07, 6.45) is 4.30. The fourth-order valence-electron chi connectivity index (χ4n) is 2.09. The molecule has 1 heterocycles. The van der Waals surface area contributed by atoms with Crippen LogP contribution in [0, 0.1) is 0 Å². The molecule has 0 aromatic carbocycles. The number of rotatable bonds is 4. The number of ether oxygens (including phenoxy) is 1. The average molecular weight is 185 g/mol. The number of likely N-dealkylation sites (N-methyl/N-ethyl adjacent to an activating group) is 1. The Balaban J connectivity index is 2.28. The molecule has 2 atom stereocenters. The second-order valence-corrected chi connectivity index (χ2v) is 4.34. The van der Waals surface area contributed by atoms with Crippen molar-refractivity contribution in [2.45, 2.75) is 58.2 Å². The van der Waals surface area contributed by atoms with E-state index < -0.39 is 0 Å². The Morgan fingerprint density at radius 1 is 1.31 bits per heavy atom. The van der Waals surface area contributed by atoms with E-state index in [0.29, 0.717) is 12.1 Å². The Hall–Kier alpha value is -0.0800. The van der Waals surface area contributed by atoms with Gasteiger partial charge in [-0.15, -0.1) is 0 Å². The van der Waals surface area contributed by atoms with Crippen LogP contribution < -0.4 is 0 Å². The van der Waals surface area contributed by atoms with Crippen LogP contribution in [0.5, 0.6) is 0 Å². The smallest absolute Gasteiger partial charge is 0.0625 e. The fourth-order valence-corrected chi connectivity index (χ4v) is 2.09. The molecule has 1 aliphatic rings. The van der Waals surface area contributed by atoms with E-state index >= 15 is 0 Å². The van der Waals surface area contributed by atoms with Crippen molar-refractivity contribution in [3.8, 4) is 0 Å². The maximum absolute atomic E-state index is 5.65. The molecule has 2 unspecified atom stereocenters. The van der Waals surface area contributed by atoms with Crippen LogP contribution in [-0.2, 0) is 4.74 Å². The van der Waals surface area contributed by atoms with Gasteiger partial charge in [0.15, 0.2) is 0 Å². The van der Waals surface area contributed by atoms with Gasteiger partial charge in [0.05, 0.1) is 12.7 Å². The van der Waals surface area contributed by atoms with Crippen molar-refractivity contribution in [2.24, 2.45) is 0 Å². The van der Waals surface area contributed by atoms with Crippen molar-refractivity contribution in [1.82, 2.24) is 4.90 Å². The molecular formula is C11H23NO. The molecule has 0 bridgehead atoms. The topological polar surface area (TPSA) is 12.5 Å². The highest BCUT2D eigenvalue weighted by molar-refractivity contribution is 4.84. The standard InChI is InChI=1S/C11H23NO/c1-5-10-6-7-11(12(10)4)8-13-9(2)3/h9-11H,5-8H2,1-4H3. The molecule has 78 valence electrons. The lowest BCUT2D eigenvalue weighted by atomic mass is 10.1. The normalized spacial score (nSPS) is 30.2. The SMILES string of the molecule is CCC1CCC(COC(C)C)N1C. The summed E-state index contributed by atoms with van der Waals surface area (Å²) in [5, 5.41) is 0. The van der Waals surface area contributed by atoms with Gasteiger partial charge in [-0.1, -0.05) is 6.92 Å². The van der Waals surface area contributed by atoms with E-state index in [1.54, 1.807) is 0 Å². The zero-order valence-electron chi connectivity index (χ0n) is 9.42. The van der Waals surface area contributed by atoms with Crippen LogP contribution in [0.15, 0.2) is 0 Å². The second-order valence-electron chi connectivity index (χ2n) is 4.34. The van der Waals surface area contributed by atoms with E-state index in [1.165, 1.54) is 19.3 Å². The van der Waals surface area contributed by atoms with E-state index in [4.69, 9.17) is 4.74 Å². The quantitative estimate of drug-likeness (QED) is 0.666. The minimum Gasteiger partial charge on any atom is -0.377 e. The van der Waals surface area contributed by atoms with Crippen molar-refractivity contribution in [2.75, 3.05) is 13.7 Å². The predicted molar refractivity (Wildman–Crippen MR) is 56.0 cm³/mol. The molecule has 2 heteroatoms. The molecule has 0 amide bonds. The molecule has 0 saturated carbocycles. The lowest BCUT2D eigenvalue weighted by Gasteiger charge is -2.25. The third kappa shape index (κ3) is 2.96. The van der Waals surface area contributed by atoms with Crippen molar-refractivity contribution < 1.29 is 4.74 Å². The Morgan fingerprint density at radius 3 is 2.38 bits per heavy atom. The lowest BCUT2D eigenvalue weighted by molar-refractivity contribution is 0.0369. The van der Waals surface area contributed by atoms with Crippen LogP contribution in [0.2, 0.25) is 0 Å². The van der Waals surface area contributed by atoms with Gasteiger partial charge in [-0.05, 0) is 40.2 Å². The molecular weight excluding hydrogens is 162 g/mol. The van der Waals surface area contributed by atoms with E-state index in [0.717, 1.165) is 12.6 Å². The van der Waals surface area contributed by atoms with Crippen LogP contribution >= 0.6 is 0 Å². The molecule has 13 heavy (non-hydrogen) atoms. The van der Waals surface area contributed by atoms with Gasteiger partial charge >= 0.3 is 0 Å². The Kier molecular flexibility index (Phi) is 4.20. The van der Waals surface area contributed by atoms with E-state index in [1.807, 2.05) is 0 Å². The second kappa shape index (κ2) is 4.97. The first-order valence-electron chi connectivity index (χ1n) is 5.48. The molecule has 0 aromatic heterocycles. The van der Waals surface area contributed by atoms with Gasteiger partial charge in [-0.2, -0.15) is 0 Å². The summed E-state index contributed by atoms with van der Waals surface area (Å²) in [4.78, 5) is 2.49. The summed E-state index contributed by atoms with van der Waals surface area (Å²) in [6.45, 7) is 7.38. The van der Waals surface area contributed by atoms with E-state index in [2.05, 4.69) is 32.7 Å². The molecule has 1 saturated heterocycles. The summed E-state index contributed by atoms with van der Waals surface area (Å²) >= 11 is 0. The molecule has 0 radical (unpaired) electrons. The summed E-state index contributed by atoms with van der Waals surface area (Å²) < 4.78 is 5.65. The van der Waals surface area contributed by atoms with Crippen molar-refractivity contribution in [3.05, 3.63) is 0 Å². The number of hydrogen-bond acceptors (Lipinski definition) is 2. The third-order valence-electron chi connectivity index (χ3n) is 3.08. The molecule has 0 spiro atoms. The zero-order valence-corrected chi connectivity index (χ0v) is 9.42. The first-order valence-corrected chi connectivity index (χ1v) is 5.48. The average Bonchev–Trinajstić information content (AvgIpc) is 2.43. The Labute approximate surface area is 82.3 Å². The van der Waals surface area contributed by atoms with E-state index in [9.17, 15) is 0 Å². The minimum absolute atomic E-state index is 0.370. The molecule has 1 fully saturated rings. The van der Waals surface area contributed by atoms with Gasteiger partial charge in [0.2, 0.25) is 0 Å². The van der Waals surface area contributed by atoms with Gasteiger partial charge in [-0.25, -0.2) is 0 Å². The molecule has 0 aliphatic carbocycles. The summed E-state index contributed by atoms with van der Waals surface area (Å²) in [7, 11) is 2.23. The highest BCUT2D eigenvalue weighted by Crippen LogP contribution is 2.24. The predicted octanol–water partition coefficient (Wildman–Crippen LogP) is 2.28. The minimum atomic E-state index is 0.370. The molecule has 1 rings (SSSR count). The molecule has 0 aromatic rings. The van der Waals surface area contributed by atoms with Crippen LogP contribution in [0.25, 0.3) is 0 Å². The first-order chi connectivity index (χ1) is 6.15. The van der Waals surface area contributed by atoms with Gasteiger partial charge in [0.1, 0.15) is 0 Å². The maximum atomic E-state index is 5.65. The lowest BCUT2D eigenvalue weighted by Crippen LogP contribution is -2.35. The van der Waals surface area contributed by atoms with Gasteiger partial charge in [-0.3, -0.25) is 4.90 Å². The highest BCUT2D eigenvalue weighted by Gasteiger charge is 2.28. The highest BCUT2D eigenvalue weighted by atomic mass is 16.5. The number of nitrogens with zero attached hydrogens (tertiary/aromatic N) is 1. The van der Waals surface area contributed by atoms with Gasteiger partial charge < -0.3 is 4.74 Å². The van der Waals surface area contributed by atoms with Crippen LogP contribution in [0.3, 0.4) is 0 Å². The summed E-state index contributed by atoms with van der Waals surface area (Å²) in [6, 6.07) is 1.45. The third-order valence-corrected chi connectivity index (χ3v) is 3.08. The zero-order chi connectivity index (χ0) is 9.84. The van der Waals surface area contributed by atoms with Gasteiger partial charge in [0, 0.05) is 12.1 Å². The van der Waals surface area contributed by atoms with Crippen molar-refractivity contribution in [3.63, 3.8) is 0 Å². The summed E-state index contributed by atoms with van der Waals surface area (Å²) in [5.41, 5.74) is 0. The molecule has 0 N–H and O–H groups in total. The maximum Gasteiger partial charge on any atom is 0.0625 e. The monoisotopic (exact) mass is 185 g/mol. The van der Waals surface area contributed by atoms with E-state index in [-0.39, 0.29) is 0 Å². The van der Waals surface area contributed by atoms with Crippen molar-refractivity contribution in [1.29, 1.82) is 0 Å². The molecule has 2 nitrogen and oxygen atoms in total. The van der Waals surface area contributed by atoms with Crippen LogP contribution in [0.4, 0.5) is 0 Å². The van der Waals surface area contributed by atoms with Crippen LogP contribution in [-0.4, -0.2) is 36.7 Å². The van der Waals surface area contributed by atoms with Gasteiger partial charge in [0.25, 0.3) is 0 Å². The van der Waals surface area contributed by atoms with Crippen molar-refractivity contribution >= 4 is 0 Å². The Bertz CT molecular complexity index is 147. The summed E-state index contributed by atoms with van der Waals surface area (Å²) in [5.74, 6) is 0. The Morgan fingerprint density at radius 2 is 1.92 bits per heavy atom. The first kappa shape index (κ1) is 11.0. The van der Waals surface area contributed by atoms with Crippen LogP contribution in [0.1, 0.15) is 40.0 Å². The largest absolute Gasteiger partial charge is 0.377 e. The molecule has 1 aliphatic heterocycles. The number of likely N-dealkylation sites (tertiary alicyclic amines) is 1. The fraction of sp³-hybridized carbons (Fsp3) is 1.00. The number of hydrogen-bond donors (Lipinski definition) is 0.